The molecule has 0 heterocycles. The van der Waals surface area contributed by atoms with Gasteiger partial charge in [0.2, 0.25) is 0 Å². The molecule has 19 heavy (non-hydrogen) atoms. The van der Waals surface area contributed by atoms with E-state index < -0.39 is 36.4 Å². The quantitative estimate of drug-likeness (QED) is 0.478. The van der Waals surface area contributed by atoms with E-state index in [2.05, 4.69) is 0 Å². The molecule has 13 heteroatoms. The minimum absolute atomic E-state index is 0. The minimum atomic E-state index is -2.97. The molecular weight excluding hydrogens is 237 g/mol. The molecule has 92 valence electrons. The van der Waals surface area contributed by atoms with Crippen LogP contribution in [0.25, 0.3) is 0 Å². The van der Waals surface area contributed by atoms with Crippen LogP contribution in [0.15, 0.2) is 0 Å². The molecule has 0 radical (unpaired) electrons. The number of rotatable bonds is 5. The van der Waals surface area contributed by atoms with Gasteiger partial charge in [0.1, 0.15) is 5.60 Å². The molecular formula is C6H14B3Li3O7. The third kappa shape index (κ3) is 18.4. The van der Waals surface area contributed by atoms with E-state index in [1.165, 1.54) is 0 Å². The topological polar surface area (TPSA) is 141 Å². The second-order valence-corrected chi connectivity index (χ2v) is 2.42. The molecule has 0 aromatic carbocycles. The van der Waals surface area contributed by atoms with Crippen molar-refractivity contribution >= 4 is 43.1 Å². The Hall–Kier alpha value is 0.357. The molecule has 0 bridgehead atoms. The number of aliphatic hydroxyl groups is 1. The summed E-state index contributed by atoms with van der Waals surface area (Å²) in [6.07, 6.45) is -2.72. The van der Waals surface area contributed by atoms with Gasteiger partial charge in [0.25, 0.3) is 0 Å². The first-order valence-corrected chi connectivity index (χ1v) is 3.11. The third-order valence-corrected chi connectivity index (χ3v) is 1.25. The van der Waals surface area contributed by atoms with Gasteiger partial charge in [0, 0.05) is 24.8 Å². The fourth-order valence-electron chi connectivity index (χ4n) is 0.684. The van der Waals surface area contributed by atoms with E-state index in [1.54, 1.807) is 0 Å². The number of aliphatic carboxylic acids is 3. The van der Waals surface area contributed by atoms with Crippen LogP contribution in [0.1, 0.15) is 12.8 Å². The van der Waals surface area contributed by atoms with Crippen molar-refractivity contribution in [1.29, 1.82) is 0 Å². The summed E-state index contributed by atoms with van der Waals surface area (Å²) in [6, 6.07) is 0. The van der Waals surface area contributed by atoms with E-state index in [9.17, 15) is 29.7 Å². The monoisotopic (exact) mass is 252 g/mol. The van der Waals surface area contributed by atoms with Crippen molar-refractivity contribution in [3.05, 3.63) is 0 Å². The van der Waals surface area contributed by atoms with Crippen molar-refractivity contribution < 1.29 is 91.4 Å². The summed E-state index contributed by atoms with van der Waals surface area (Å²) in [5.74, 6) is -5.98. The largest absolute Gasteiger partial charge is 1.00 e. The molecule has 0 aliphatic heterocycles. The van der Waals surface area contributed by atoms with Gasteiger partial charge in [-0.1, -0.05) is 0 Å². The maximum absolute atomic E-state index is 10.1. The zero-order valence-electron chi connectivity index (χ0n) is 9.31. The Morgan fingerprint density at radius 1 is 0.789 bits per heavy atom. The Kier molecular flexibility index (Phi) is 41.3. The van der Waals surface area contributed by atoms with Gasteiger partial charge in [0.15, 0.2) is 0 Å². The van der Waals surface area contributed by atoms with E-state index in [4.69, 9.17) is 5.11 Å². The first kappa shape index (κ1) is 42.7. The van der Waals surface area contributed by atoms with Crippen LogP contribution in [-0.4, -0.2) is 53.9 Å². The Balaban J connectivity index is -0.0000000480. The van der Waals surface area contributed by atoms with Gasteiger partial charge in [-0.25, -0.2) is 0 Å². The second-order valence-electron chi connectivity index (χ2n) is 2.42. The molecule has 0 fully saturated rings. The molecule has 0 rings (SSSR count). The fourth-order valence-corrected chi connectivity index (χ4v) is 0.684. The summed E-state index contributed by atoms with van der Waals surface area (Å²) < 4.78 is 0. The van der Waals surface area contributed by atoms with Crippen LogP contribution >= 0.6 is 0 Å². The van der Waals surface area contributed by atoms with Gasteiger partial charge in [0.05, 0.1) is 31.2 Å². The van der Waals surface area contributed by atoms with Crippen LogP contribution < -0.4 is 71.9 Å². The molecule has 0 aliphatic rings. The molecule has 0 aromatic rings. The maximum Gasteiger partial charge on any atom is 1.00 e. The van der Waals surface area contributed by atoms with E-state index in [0.29, 0.717) is 0 Å². The van der Waals surface area contributed by atoms with Crippen LogP contribution in [0.4, 0.5) is 0 Å². The number of hydrogen-bond acceptors (Lipinski definition) is 7. The SMILES string of the molecule is B.B.B.O=C([O-])CC(O)(CC(=O)[O-])C(=O)[O-].[Li+].[Li+].[Li+]. The molecule has 0 spiro atoms. The first-order chi connectivity index (χ1) is 5.78. The van der Waals surface area contributed by atoms with Crippen LogP contribution in [0, 0.1) is 0 Å². The number of carboxylic acids is 3. The summed E-state index contributed by atoms with van der Waals surface area (Å²) >= 11 is 0. The van der Waals surface area contributed by atoms with E-state index >= 15 is 0 Å². The maximum atomic E-state index is 10.1. The Labute approximate surface area is 152 Å². The molecule has 0 saturated carbocycles. The molecule has 0 saturated heterocycles. The molecule has 0 aromatic heterocycles. The van der Waals surface area contributed by atoms with Gasteiger partial charge < -0.3 is 34.8 Å². The molecule has 0 amide bonds. The summed E-state index contributed by atoms with van der Waals surface area (Å²) in [6.45, 7) is 0. The summed E-state index contributed by atoms with van der Waals surface area (Å²) in [5, 5.41) is 38.9. The van der Waals surface area contributed by atoms with Crippen molar-refractivity contribution in [3.63, 3.8) is 0 Å². The normalized spacial score (nSPS) is 7.42. The summed E-state index contributed by atoms with van der Waals surface area (Å²) in [4.78, 5) is 30.0. The predicted octanol–water partition coefficient (Wildman–Crippen LogP) is -17.8. The summed E-state index contributed by atoms with van der Waals surface area (Å²) in [5.41, 5.74) is -2.97. The van der Waals surface area contributed by atoms with Crippen molar-refractivity contribution in [2.45, 2.75) is 18.4 Å². The molecule has 7 nitrogen and oxygen atoms in total. The number of hydrogen-bond donors (Lipinski definition) is 1. The minimum Gasteiger partial charge on any atom is -0.550 e. The number of carbonyl (C=O) groups excluding carboxylic acids is 3. The van der Waals surface area contributed by atoms with Gasteiger partial charge in [-0.3, -0.25) is 0 Å². The van der Waals surface area contributed by atoms with Gasteiger partial charge in [-0.2, -0.15) is 0 Å². The van der Waals surface area contributed by atoms with Crippen molar-refractivity contribution in [2.24, 2.45) is 0 Å². The number of carbonyl (C=O) groups is 3. The summed E-state index contributed by atoms with van der Waals surface area (Å²) in [7, 11) is 0. The molecule has 0 aliphatic carbocycles. The Morgan fingerprint density at radius 2 is 1.00 bits per heavy atom. The predicted molar refractivity (Wildman–Crippen MR) is 59.0 cm³/mol. The Bertz CT molecular complexity index is 250. The van der Waals surface area contributed by atoms with Crippen LogP contribution in [-0.2, 0) is 14.4 Å². The smallest absolute Gasteiger partial charge is 0.550 e. The van der Waals surface area contributed by atoms with Crippen LogP contribution in [0.3, 0.4) is 0 Å². The van der Waals surface area contributed by atoms with E-state index in [1.807, 2.05) is 0 Å². The number of carboxylic acid groups (broad SMARTS) is 3. The Morgan fingerprint density at radius 3 is 1.11 bits per heavy atom. The zero-order chi connectivity index (χ0) is 10.6. The van der Waals surface area contributed by atoms with Crippen LogP contribution in [0.2, 0.25) is 0 Å². The van der Waals surface area contributed by atoms with Crippen LogP contribution in [0.5, 0.6) is 0 Å². The second kappa shape index (κ2) is 18.4. The van der Waals surface area contributed by atoms with Gasteiger partial charge >= 0.3 is 56.6 Å². The van der Waals surface area contributed by atoms with Gasteiger partial charge in [-0.05, 0) is 0 Å². The standard InChI is InChI=1S/C6H8O7.3BH3.3Li/c7-3(8)1-6(13,5(11)12)2-4(9)10;;;;;;/h13H,1-2H2,(H,7,8)(H,9,10)(H,11,12);3*1H3;;;/q;;;;3*+1/p-3. The van der Waals surface area contributed by atoms with Crippen molar-refractivity contribution in [1.82, 2.24) is 0 Å². The van der Waals surface area contributed by atoms with Crippen molar-refractivity contribution in [3.8, 4) is 0 Å². The average molecular weight is 251 g/mol. The van der Waals surface area contributed by atoms with Gasteiger partial charge in [-0.15, -0.1) is 0 Å². The third-order valence-electron chi connectivity index (χ3n) is 1.25. The molecule has 0 unspecified atom stereocenters. The van der Waals surface area contributed by atoms with Crippen molar-refractivity contribution in [2.75, 3.05) is 0 Å². The fraction of sp³-hybridized carbons (Fsp3) is 0.500. The van der Waals surface area contributed by atoms with E-state index in [0.717, 1.165) is 0 Å². The average Bonchev–Trinajstić information content (AvgIpc) is 1.82. The molecule has 0 atom stereocenters. The zero-order valence-corrected chi connectivity index (χ0v) is 9.31. The molecule has 1 N–H and O–H groups in total. The van der Waals surface area contributed by atoms with E-state index in [-0.39, 0.29) is 81.8 Å². The first-order valence-electron chi connectivity index (χ1n) is 3.11.